The number of nitrogens with zero attached hydrogens (tertiary/aromatic N) is 2. The van der Waals surface area contributed by atoms with Gasteiger partial charge in [0.15, 0.2) is 0 Å². The van der Waals surface area contributed by atoms with Crippen molar-refractivity contribution in [3.05, 3.63) is 42.5 Å². The predicted octanol–water partition coefficient (Wildman–Crippen LogP) is 2.07. The second-order valence-corrected chi connectivity index (χ2v) is 3.52. The molecule has 1 rings (SSSR count). The summed E-state index contributed by atoms with van der Waals surface area (Å²) >= 11 is 0. The molecule has 0 aliphatic heterocycles. The summed E-state index contributed by atoms with van der Waals surface area (Å²) in [5.74, 6) is 1.26. The Morgan fingerprint density at radius 2 is 1.86 bits per heavy atom. The van der Waals surface area contributed by atoms with Crippen LogP contribution in [-0.4, -0.2) is 4.57 Å². The van der Waals surface area contributed by atoms with Gasteiger partial charge in [-0.15, -0.1) is 0 Å². The zero-order valence-corrected chi connectivity index (χ0v) is 9.38. The molecule has 0 N–H and O–H groups in total. The standard InChI is InChI=1S/C12H19N2/c1-6-8-13-10(3)11(4)14(9-7-2)12(13)5/h6-7H,1-2,8-9H2,3-5H3/q+1. The minimum Gasteiger partial charge on any atom is -0.228 e. The molecule has 0 radical (unpaired) electrons. The van der Waals surface area contributed by atoms with Crippen LogP contribution in [-0.2, 0) is 13.1 Å². The largest absolute Gasteiger partial charge is 0.254 e. The molecular weight excluding hydrogens is 172 g/mol. The van der Waals surface area contributed by atoms with Gasteiger partial charge in [-0.3, -0.25) is 0 Å². The molecular formula is C12H19N2+. The highest BCUT2D eigenvalue weighted by atomic mass is 15.2. The second kappa shape index (κ2) is 4.27. The van der Waals surface area contributed by atoms with Gasteiger partial charge in [-0.25, -0.2) is 9.13 Å². The normalized spacial score (nSPS) is 10.2. The van der Waals surface area contributed by atoms with Crippen LogP contribution in [0.25, 0.3) is 0 Å². The van der Waals surface area contributed by atoms with Crippen LogP contribution in [0.1, 0.15) is 17.2 Å². The number of rotatable bonds is 4. The Balaban J connectivity index is 3.24. The van der Waals surface area contributed by atoms with Gasteiger partial charge in [-0.1, -0.05) is 25.3 Å². The molecule has 0 aliphatic carbocycles. The molecule has 0 unspecified atom stereocenters. The number of aromatic nitrogens is 2. The van der Waals surface area contributed by atoms with Gasteiger partial charge in [0.1, 0.15) is 24.5 Å². The smallest absolute Gasteiger partial charge is 0.228 e. The Morgan fingerprint density at radius 1 is 1.21 bits per heavy atom. The molecule has 0 spiro atoms. The number of hydrogen-bond donors (Lipinski definition) is 0. The van der Waals surface area contributed by atoms with E-state index >= 15 is 0 Å². The lowest BCUT2D eigenvalue weighted by Gasteiger charge is -1.96. The molecule has 14 heavy (non-hydrogen) atoms. The van der Waals surface area contributed by atoms with Gasteiger partial charge in [0.25, 0.3) is 5.82 Å². The van der Waals surface area contributed by atoms with Crippen molar-refractivity contribution in [1.82, 2.24) is 4.57 Å². The quantitative estimate of drug-likeness (QED) is 0.509. The van der Waals surface area contributed by atoms with Crippen molar-refractivity contribution in [2.75, 3.05) is 0 Å². The lowest BCUT2D eigenvalue weighted by molar-refractivity contribution is -0.698. The van der Waals surface area contributed by atoms with Crippen LogP contribution in [0, 0.1) is 20.8 Å². The molecule has 76 valence electrons. The number of allylic oxidation sites excluding steroid dienone is 2. The summed E-state index contributed by atoms with van der Waals surface area (Å²) in [7, 11) is 0. The first-order valence-electron chi connectivity index (χ1n) is 4.91. The van der Waals surface area contributed by atoms with Gasteiger partial charge in [-0.2, -0.15) is 0 Å². The SMILES string of the molecule is C=CCn1c(C)c(C)[n+](CC=C)c1C. The molecule has 2 heteroatoms. The zero-order chi connectivity index (χ0) is 10.7. The molecule has 0 aliphatic rings. The highest BCUT2D eigenvalue weighted by molar-refractivity contribution is 5.07. The lowest BCUT2D eigenvalue weighted by atomic mass is 10.3. The van der Waals surface area contributed by atoms with Crippen molar-refractivity contribution in [3.63, 3.8) is 0 Å². The van der Waals surface area contributed by atoms with E-state index in [0.717, 1.165) is 13.1 Å². The van der Waals surface area contributed by atoms with Gasteiger partial charge in [0, 0.05) is 20.8 Å². The van der Waals surface area contributed by atoms with Crippen molar-refractivity contribution in [2.45, 2.75) is 33.9 Å². The Hall–Kier alpha value is -1.31. The number of hydrogen-bond acceptors (Lipinski definition) is 0. The molecule has 0 fully saturated rings. The molecule has 2 nitrogen and oxygen atoms in total. The minimum absolute atomic E-state index is 0.878. The molecule has 1 aromatic rings. The van der Waals surface area contributed by atoms with Crippen molar-refractivity contribution in [3.8, 4) is 0 Å². The lowest BCUT2D eigenvalue weighted by Crippen LogP contribution is -2.37. The third-order valence-corrected chi connectivity index (χ3v) is 2.74. The maximum Gasteiger partial charge on any atom is 0.254 e. The summed E-state index contributed by atoms with van der Waals surface area (Å²) < 4.78 is 4.54. The fraction of sp³-hybridized carbons (Fsp3) is 0.417. The third-order valence-electron chi connectivity index (χ3n) is 2.74. The zero-order valence-electron chi connectivity index (χ0n) is 9.38. The van der Waals surface area contributed by atoms with Crippen molar-refractivity contribution < 1.29 is 4.57 Å². The number of imidazole rings is 1. The van der Waals surface area contributed by atoms with E-state index < -0.39 is 0 Å². The maximum atomic E-state index is 3.77. The van der Waals surface area contributed by atoms with E-state index in [1.807, 2.05) is 12.2 Å². The van der Waals surface area contributed by atoms with Crippen LogP contribution in [0.5, 0.6) is 0 Å². The highest BCUT2D eigenvalue weighted by Gasteiger charge is 2.19. The Kier molecular flexibility index (Phi) is 3.28. The molecule has 0 saturated carbocycles. The van der Waals surface area contributed by atoms with Gasteiger partial charge >= 0.3 is 0 Å². The summed E-state index contributed by atoms with van der Waals surface area (Å²) in [6, 6.07) is 0. The summed E-state index contributed by atoms with van der Waals surface area (Å²) in [5.41, 5.74) is 2.62. The van der Waals surface area contributed by atoms with Crippen LogP contribution < -0.4 is 4.57 Å². The summed E-state index contributed by atoms with van der Waals surface area (Å²) in [5, 5.41) is 0. The molecule has 0 aromatic carbocycles. The molecule has 1 aromatic heterocycles. The van der Waals surface area contributed by atoms with Gasteiger partial charge < -0.3 is 0 Å². The van der Waals surface area contributed by atoms with E-state index in [1.54, 1.807) is 0 Å². The van der Waals surface area contributed by atoms with Crippen LogP contribution in [0.4, 0.5) is 0 Å². The van der Waals surface area contributed by atoms with Gasteiger partial charge in [0.2, 0.25) is 0 Å². The predicted molar refractivity (Wildman–Crippen MR) is 59.2 cm³/mol. The van der Waals surface area contributed by atoms with E-state index in [4.69, 9.17) is 0 Å². The van der Waals surface area contributed by atoms with E-state index in [2.05, 4.69) is 43.1 Å². The van der Waals surface area contributed by atoms with E-state index in [9.17, 15) is 0 Å². The summed E-state index contributed by atoms with van der Waals surface area (Å²) in [6.07, 6.45) is 3.86. The van der Waals surface area contributed by atoms with Gasteiger partial charge in [0.05, 0.1) is 0 Å². The molecule has 1 heterocycles. The van der Waals surface area contributed by atoms with Crippen molar-refractivity contribution in [1.29, 1.82) is 0 Å². The van der Waals surface area contributed by atoms with Crippen molar-refractivity contribution >= 4 is 0 Å². The topological polar surface area (TPSA) is 8.81 Å². The first-order valence-corrected chi connectivity index (χ1v) is 4.91. The second-order valence-electron chi connectivity index (χ2n) is 3.52. The monoisotopic (exact) mass is 191 g/mol. The molecule has 0 bridgehead atoms. The fourth-order valence-electron chi connectivity index (χ4n) is 1.82. The van der Waals surface area contributed by atoms with Gasteiger partial charge in [-0.05, 0) is 0 Å². The summed E-state index contributed by atoms with van der Waals surface area (Å²) in [4.78, 5) is 0. The Bertz CT molecular complexity index is 325. The average Bonchev–Trinajstić information content (AvgIpc) is 2.36. The first kappa shape index (κ1) is 10.8. The van der Waals surface area contributed by atoms with E-state index in [1.165, 1.54) is 17.2 Å². The summed E-state index contributed by atoms with van der Waals surface area (Å²) in [6.45, 7) is 15.7. The fourth-order valence-corrected chi connectivity index (χ4v) is 1.82. The van der Waals surface area contributed by atoms with E-state index in [-0.39, 0.29) is 0 Å². The average molecular weight is 191 g/mol. The molecule has 0 saturated heterocycles. The third kappa shape index (κ3) is 1.65. The maximum absolute atomic E-state index is 3.77. The van der Waals surface area contributed by atoms with Crippen molar-refractivity contribution in [2.24, 2.45) is 0 Å². The van der Waals surface area contributed by atoms with Crippen LogP contribution in [0.2, 0.25) is 0 Å². The van der Waals surface area contributed by atoms with Crippen LogP contribution >= 0.6 is 0 Å². The molecule has 0 amide bonds. The first-order chi connectivity index (χ1) is 6.63. The van der Waals surface area contributed by atoms with E-state index in [0.29, 0.717) is 0 Å². The minimum atomic E-state index is 0.878. The Morgan fingerprint density at radius 3 is 2.36 bits per heavy atom. The highest BCUT2D eigenvalue weighted by Crippen LogP contribution is 2.07. The molecule has 0 atom stereocenters. The Labute approximate surface area is 86.2 Å². The van der Waals surface area contributed by atoms with Crippen LogP contribution in [0.15, 0.2) is 25.3 Å². The van der Waals surface area contributed by atoms with Crippen LogP contribution in [0.3, 0.4) is 0 Å².